The number of hydrogen-bond acceptors (Lipinski definition) is 3. The summed E-state index contributed by atoms with van der Waals surface area (Å²) in [6.07, 6.45) is 1.53. The molecule has 0 saturated carbocycles. The molecule has 0 spiro atoms. The van der Waals surface area contributed by atoms with E-state index in [-0.39, 0.29) is 27.4 Å². The summed E-state index contributed by atoms with van der Waals surface area (Å²) >= 11 is 5.97. The average molecular weight is 388 g/mol. The third-order valence-corrected chi connectivity index (χ3v) is 6.00. The number of likely N-dealkylation sites (tertiary alicyclic amines) is 1. The van der Waals surface area contributed by atoms with Gasteiger partial charge in [0.15, 0.2) is 0 Å². The number of halogens is 1. The number of rotatable bonds is 4. The fraction of sp³-hybridized carbons (Fsp3) is 0.588. The SMILES string of the molecule is CC(C)(C)NC(=O)N1CCC(CNS(=O)(=O)c2ccccc2Cl)CC1. The normalized spacial score (nSPS) is 16.7. The second-order valence-electron chi connectivity index (χ2n) is 7.39. The predicted octanol–water partition coefficient (Wildman–Crippen LogP) is 2.84. The molecule has 0 atom stereocenters. The van der Waals surface area contributed by atoms with E-state index < -0.39 is 10.0 Å². The van der Waals surface area contributed by atoms with Gasteiger partial charge in [-0.05, 0) is 51.7 Å². The van der Waals surface area contributed by atoms with Crippen molar-refractivity contribution in [3.63, 3.8) is 0 Å². The number of piperidine rings is 1. The van der Waals surface area contributed by atoms with Crippen molar-refractivity contribution >= 4 is 27.7 Å². The molecule has 0 radical (unpaired) electrons. The third-order valence-electron chi connectivity index (χ3n) is 4.07. The van der Waals surface area contributed by atoms with Gasteiger partial charge in [0.1, 0.15) is 4.90 Å². The van der Waals surface area contributed by atoms with Crippen LogP contribution in [0.4, 0.5) is 4.79 Å². The van der Waals surface area contributed by atoms with E-state index in [0.29, 0.717) is 19.6 Å². The zero-order valence-corrected chi connectivity index (χ0v) is 16.5. The van der Waals surface area contributed by atoms with Gasteiger partial charge in [0.05, 0.1) is 5.02 Å². The molecule has 25 heavy (non-hydrogen) atoms. The van der Waals surface area contributed by atoms with Crippen LogP contribution in [0.5, 0.6) is 0 Å². The lowest BCUT2D eigenvalue weighted by atomic mass is 9.97. The van der Waals surface area contributed by atoms with Gasteiger partial charge in [0.2, 0.25) is 10.0 Å². The van der Waals surface area contributed by atoms with Crippen LogP contribution in [-0.4, -0.2) is 44.5 Å². The molecule has 0 aromatic heterocycles. The van der Waals surface area contributed by atoms with Gasteiger partial charge in [-0.15, -0.1) is 0 Å². The second-order valence-corrected chi connectivity index (χ2v) is 9.54. The molecule has 0 unspecified atom stereocenters. The number of carbonyl (C=O) groups excluding carboxylic acids is 1. The fourth-order valence-electron chi connectivity index (χ4n) is 2.71. The Morgan fingerprint density at radius 3 is 2.40 bits per heavy atom. The number of sulfonamides is 1. The molecule has 1 fully saturated rings. The Morgan fingerprint density at radius 2 is 1.84 bits per heavy atom. The molecule has 1 aliphatic heterocycles. The minimum Gasteiger partial charge on any atom is -0.333 e. The van der Waals surface area contributed by atoms with Crippen LogP contribution in [-0.2, 0) is 10.0 Å². The van der Waals surface area contributed by atoms with E-state index in [4.69, 9.17) is 11.6 Å². The monoisotopic (exact) mass is 387 g/mol. The molecule has 1 aromatic carbocycles. The average Bonchev–Trinajstić information content (AvgIpc) is 2.52. The first kappa shape index (κ1) is 20.0. The fourth-order valence-corrected chi connectivity index (χ4v) is 4.34. The van der Waals surface area contributed by atoms with Crippen molar-refractivity contribution in [3.8, 4) is 0 Å². The molecular formula is C17H26ClN3O3S. The first-order valence-corrected chi connectivity index (χ1v) is 10.3. The molecule has 2 rings (SSSR count). The molecule has 8 heteroatoms. The summed E-state index contributed by atoms with van der Waals surface area (Å²) in [6.45, 7) is 7.44. The maximum absolute atomic E-state index is 12.4. The summed E-state index contributed by atoms with van der Waals surface area (Å²) < 4.78 is 27.3. The zero-order chi connectivity index (χ0) is 18.7. The molecule has 140 valence electrons. The number of hydrogen-bond donors (Lipinski definition) is 2. The predicted molar refractivity (Wildman–Crippen MR) is 99.2 cm³/mol. The van der Waals surface area contributed by atoms with E-state index in [1.807, 2.05) is 20.8 Å². The number of carbonyl (C=O) groups is 1. The molecule has 0 aliphatic carbocycles. The van der Waals surface area contributed by atoms with Crippen molar-refractivity contribution < 1.29 is 13.2 Å². The van der Waals surface area contributed by atoms with Crippen LogP contribution in [0.2, 0.25) is 5.02 Å². The Bertz CT molecular complexity index is 708. The zero-order valence-electron chi connectivity index (χ0n) is 14.9. The summed E-state index contributed by atoms with van der Waals surface area (Å²) in [5.74, 6) is 0.205. The number of urea groups is 1. The lowest BCUT2D eigenvalue weighted by molar-refractivity contribution is 0.163. The van der Waals surface area contributed by atoms with Gasteiger partial charge in [-0.1, -0.05) is 23.7 Å². The smallest absolute Gasteiger partial charge is 0.317 e. The van der Waals surface area contributed by atoms with Gasteiger partial charge in [-0.25, -0.2) is 17.9 Å². The van der Waals surface area contributed by atoms with Crippen LogP contribution < -0.4 is 10.0 Å². The number of amides is 2. The maximum atomic E-state index is 12.4. The Hall–Kier alpha value is -1.31. The van der Waals surface area contributed by atoms with Crippen molar-refractivity contribution in [1.82, 2.24) is 14.9 Å². The van der Waals surface area contributed by atoms with E-state index in [1.54, 1.807) is 23.1 Å². The first-order valence-electron chi connectivity index (χ1n) is 8.40. The molecule has 0 bridgehead atoms. The summed E-state index contributed by atoms with van der Waals surface area (Å²) in [6, 6.07) is 6.32. The molecule has 1 aliphatic rings. The standard InChI is InChI=1S/C17H26ClN3O3S/c1-17(2,3)20-16(22)21-10-8-13(9-11-21)12-19-25(23,24)15-7-5-4-6-14(15)18/h4-7,13,19H,8-12H2,1-3H3,(H,20,22). The molecule has 1 heterocycles. The van der Waals surface area contributed by atoms with Crippen molar-refractivity contribution in [2.75, 3.05) is 19.6 Å². The molecule has 6 nitrogen and oxygen atoms in total. The largest absolute Gasteiger partial charge is 0.333 e. The number of benzene rings is 1. The Labute approximate surface area is 155 Å². The third kappa shape index (κ3) is 5.87. The molecule has 2 amide bonds. The summed E-state index contributed by atoms with van der Waals surface area (Å²) in [5.41, 5.74) is -0.265. The van der Waals surface area contributed by atoms with Crippen molar-refractivity contribution in [2.45, 2.75) is 44.0 Å². The Morgan fingerprint density at radius 1 is 1.24 bits per heavy atom. The van der Waals surface area contributed by atoms with Crippen molar-refractivity contribution in [3.05, 3.63) is 29.3 Å². The molecule has 1 saturated heterocycles. The highest BCUT2D eigenvalue weighted by molar-refractivity contribution is 7.89. The van der Waals surface area contributed by atoms with Crippen molar-refractivity contribution in [1.29, 1.82) is 0 Å². The lowest BCUT2D eigenvalue weighted by Crippen LogP contribution is -2.51. The lowest BCUT2D eigenvalue weighted by Gasteiger charge is -2.34. The number of nitrogens with one attached hydrogen (secondary N) is 2. The van der Waals surface area contributed by atoms with Gasteiger partial charge in [0, 0.05) is 25.2 Å². The van der Waals surface area contributed by atoms with E-state index in [2.05, 4.69) is 10.0 Å². The molecule has 2 N–H and O–H groups in total. The van der Waals surface area contributed by atoms with E-state index in [0.717, 1.165) is 12.8 Å². The van der Waals surface area contributed by atoms with Gasteiger partial charge >= 0.3 is 6.03 Å². The van der Waals surface area contributed by atoms with E-state index in [1.165, 1.54) is 6.07 Å². The van der Waals surface area contributed by atoms with Crippen LogP contribution in [0.3, 0.4) is 0 Å². The first-order chi connectivity index (χ1) is 11.6. The highest BCUT2D eigenvalue weighted by Crippen LogP contribution is 2.22. The highest BCUT2D eigenvalue weighted by atomic mass is 35.5. The Balaban J connectivity index is 1.85. The highest BCUT2D eigenvalue weighted by Gasteiger charge is 2.26. The summed E-state index contributed by atoms with van der Waals surface area (Å²) in [5, 5.41) is 3.16. The second kappa shape index (κ2) is 7.93. The Kier molecular flexibility index (Phi) is 6.35. The van der Waals surface area contributed by atoms with Crippen LogP contribution in [0.25, 0.3) is 0 Å². The minimum atomic E-state index is -3.62. The van der Waals surface area contributed by atoms with Crippen LogP contribution >= 0.6 is 11.6 Å². The number of nitrogens with zero attached hydrogens (tertiary/aromatic N) is 1. The summed E-state index contributed by atoms with van der Waals surface area (Å²) in [7, 11) is -3.62. The molecule has 1 aromatic rings. The topological polar surface area (TPSA) is 78.5 Å². The quantitative estimate of drug-likeness (QED) is 0.833. The summed E-state index contributed by atoms with van der Waals surface area (Å²) in [4.78, 5) is 14.0. The van der Waals surface area contributed by atoms with Gasteiger partial charge < -0.3 is 10.2 Å². The van der Waals surface area contributed by atoms with E-state index >= 15 is 0 Å². The van der Waals surface area contributed by atoms with Gasteiger partial charge in [0.25, 0.3) is 0 Å². The van der Waals surface area contributed by atoms with Gasteiger partial charge in [-0.3, -0.25) is 0 Å². The van der Waals surface area contributed by atoms with Crippen LogP contribution in [0, 0.1) is 5.92 Å². The minimum absolute atomic E-state index is 0.0670. The van der Waals surface area contributed by atoms with Crippen molar-refractivity contribution in [2.24, 2.45) is 5.92 Å². The maximum Gasteiger partial charge on any atom is 0.317 e. The molecular weight excluding hydrogens is 362 g/mol. The van der Waals surface area contributed by atoms with Crippen LogP contribution in [0.1, 0.15) is 33.6 Å². The van der Waals surface area contributed by atoms with Crippen LogP contribution in [0.15, 0.2) is 29.2 Å². The van der Waals surface area contributed by atoms with E-state index in [9.17, 15) is 13.2 Å². The van der Waals surface area contributed by atoms with Gasteiger partial charge in [-0.2, -0.15) is 0 Å².